The average Bonchev–Trinajstić information content (AvgIpc) is 3.38. The molecule has 27 heavy (non-hydrogen) atoms. The van der Waals surface area contributed by atoms with Gasteiger partial charge in [0.2, 0.25) is 0 Å². The molecule has 0 saturated heterocycles. The summed E-state index contributed by atoms with van der Waals surface area (Å²) in [5.74, 6) is 1.61. The molecule has 0 amide bonds. The Morgan fingerprint density at radius 3 is 2.56 bits per heavy atom. The molecule has 6 nitrogen and oxygen atoms in total. The third kappa shape index (κ3) is 2.44. The fourth-order valence-electron chi connectivity index (χ4n) is 3.51. The quantitative estimate of drug-likeness (QED) is 0.483. The van der Waals surface area contributed by atoms with Crippen LogP contribution in [-0.4, -0.2) is 24.1 Å². The van der Waals surface area contributed by atoms with E-state index in [1.165, 1.54) is 5.56 Å². The highest BCUT2D eigenvalue weighted by Crippen LogP contribution is 2.29. The van der Waals surface area contributed by atoms with Crippen LogP contribution in [0.2, 0.25) is 0 Å². The molecule has 1 aromatic carbocycles. The number of benzene rings is 1. The highest BCUT2D eigenvalue weighted by Gasteiger charge is 2.19. The van der Waals surface area contributed by atoms with Crippen LogP contribution in [0.5, 0.6) is 0 Å². The first-order valence-electron chi connectivity index (χ1n) is 8.92. The van der Waals surface area contributed by atoms with E-state index in [-0.39, 0.29) is 0 Å². The molecule has 0 N–H and O–H groups in total. The fourth-order valence-corrected chi connectivity index (χ4v) is 3.51. The lowest BCUT2D eigenvalue weighted by molar-refractivity contribution is 0.494. The second kappa shape index (κ2) is 5.81. The fraction of sp³-hybridized carbons (Fsp3) is 0.190. The van der Waals surface area contributed by atoms with Crippen LogP contribution in [0, 0.1) is 20.8 Å². The van der Waals surface area contributed by atoms with Gasteiger partial charge in [-0.15, -0.1) is 5.10 Å². The predicted molar refractivity (Wildman–Crippen MR) is 104 cm³/mol. The average molecular weight is 357 g/mol. The summed E-state index contributed by atoms with van der Waals surface area (Å²) < 4.78 is 9.46. The topological polar surface area (TPSA) is 61.2 Å². The van der Waals surface area contributed by atoms with Gasteiger partial charge in [-0.3, -0.25) is 0 Å². The van der Waals surface area contributed by atoms with Crippen LogP contribution in [0.3, 0.4) is 0 Å². The molecule has 0 fully saturated rings. The summed E-state index contributed by atoms with van der Waals surface area (Å²) in [6.07, 6.45) is 3.43. The van der Waals surface area contributed by atoms with Gasteiger partial charge in [-0.1, -0.05) is 29.8 Å². The first kappa shape index (κ1) is 15.8. The number of rotatable bonds is 3. The van der Waals surface area contributed by atoms with Crippen LogP contribution in [0.1, 0.15) is 22.6 Å². The molecule has 0 atom stereocenters. The van der Waals surface area contributed by atoms with Gasteiger partial charge in [0, 0.05) is 11.3 Å². The number of hydrogen-bond donors (Lipinski definition) is 0. The summed E-state index contributed by atoms with van der Waals surface area (Å²) in [4.78, 5) is 9.50. The molecule has 0 radical (unpaired) electrons. The van der Waals surface area contributed by atoms with Crippen LogP contribution in [0.4, 0.5) is 0 Å². The molecule has 0 aliphatic carbocycles. The van der Waals surface area contributed by atoms with E-state index >= 15 is 0 Å². The molecule has 5 aromatic rings. The predicted octanol–water partition coefficient (Wildman–Crippen LogP) is 4.31. The molecule has 5 rings (SSSR count). The maximum Gasteiger partial charge on any atom is 0.182 e. The molecule has 0 aliphatic rings. The minimum atomic E-state index is 0.644. The molecule has 0 saturated carbocycles. The van der Waals surface area contributed by atoms with Crippen LogP contribution >= 0.6 is 0 Å². The Hall–Kier alpha value is -3.41. The molecule has 0 spiro atoms. The highest BCUT2D eigenvalue weighted by atomic mass is 16.3. The van der Waals surface area contributed by atoms with Gasteiger partial charge >= 0.3 is 0 Å². The molecule has 134 valence electrons. The number of hydrogen-bond acceptors (Lipinski definition) is 4. The maximum absolute atomic E-state index is 5.53. The van der Waals surface area contributed by atoms with E-state index in [0.717, 1.165) is 39.3 Å². The van der Waals surface area contributed by atoms with Crippen LogP contribution in [0.15, 0.2) is 53.4 Å². The van der Waals surface area contributed by atoms with Gasteiger partial charge in [0.25, 0.3) is 0 Å². The van der Waals surface area contributed by atoms with Crippen LogP contribution in [-0.2, 0) is 6.54 Å². The van der Waals surface area contributed by atoms with Crippen LogP contribution in [0.25, 0.3) is 28.1 Å². The Kier molecular flexibility index (Phi) is 3.40. The molecule has 6 heteroatoms. The number of nitrogens with zero attached hydrogens (tertiary/aromatic N) is 5. The van der Waals surface area contributed by atoms with Gasteiger partial charge in [-0.25, -0.2) is 14.5 Å². The number of aromatic nitrogens is 5. The number of fused-ring (bicyclic) bond motifs is 3. The number of furan rings is 1. The van der Waals surface area contributed by atoms with E-state index in [2.05, 4.69) is 59.7 Å². The van der Waals surface area contributed by atoms with Crippen molar-refractivity contribution in [3.05, 3.63) is 71.6 Å². The van der Waals surface area contributed by atoms with Crippen molar-refractivity contribution < 1.29 is 4.42 Å². The Morgan fingerprint density at radius 1 is 1.00 bits per heavy atom. The molecule has 0 aliphatic heterocycles. The Labute approximate surface area is 156 Å². The van der Waals surface area contributed by atoms with Gasteiger partial charge in [-0.2, -0.15) is 0 Å². The van der Waals surface area contributed by atoms with Crippen molar-refractivity contribution >= 4 is 16.7 Å². The zero-order chi connectivity index (χ0) is 18.5. The van der Waals surface area contributed by atoms with Crippen molar-refractivity contribution in [2.75, 3.05) is 0 Å². The summed E-state index contributed by atoms with van der Waals surface area (Å²) in [6.45, 7) is 6.93. The third-order valence-corrected chi connectivity index (χ3v) is 5.15. The van der Waals surface area contributed by atoms with E-state index in [1.54, 1.807) is 17.1 Å². The van der Waals surface area contributed by atoms with E-state index < -0.39 is 0 Å². The minimum Gasteiger partial charge on any atom is -0.467 e. The van der Waals surface area contributed by atoms with Crippen molar-refractivity contribution in [1.82, 2.24) is 24.1 Å². The van der Waals surface area contributed by atoms with Crippen molar-refractivity contribution in [1.29, 1.82) is 0 Å². The van der Waals surface area contributed by atoms with Gasteiger partial charge in [0.05, 0.1) is 18.2 Å². The van der Waals surface area contributed by atoms with E-state index in [0.29, 0.717) is 12.4 Å². The molecule has 0 bridgehead atoms. The lowest BCUT2D eigenvalue weighted by Crippen LogP contribution is -2.02. The SMILES string of the molecule is Cc1ccc(-c2nc3c4c(C)c(C)n(Cc5ccco5)c4ncn3n2)cc1. The normalized spacial score (nSPS) is 11.7. The third-order valence-electron chi connectivity index (χ3n) is 5.15. The van der Waals surface area contributed by atoms with E-state index in [4.69, 9.17) is 9.40 Å². The summed E-state index contributed by atoms with van der Waals surface area (Å²) in [7, 11) is 0. The summed E-state index contributed by atoms with van der Waals surface area (Å²) in [6, 6.07) is 12.1. The van der Waals surface area contributed by atoms with Crippen molar-refractivity contribution in [2.45, 2.75) is 27.3 Å². The van der Waals surface area contributed by atoms with E-state index in [9.17, 15) is 0 Å². The smallest absolute Gasteiger partial charge is 0.182 e. The second-order valence-corrected chi connectivity index (χ2v) is 6.89. The van der Waals surface area contributed by atoms with Crippen molar-refractivity contribution in [2.24, 2.45) is 0 Å². The first-order valence-corrected chi connectivity index (χ1v) is 8.92. The minimum absolute atomic E-state index is 0.644. The Morgan fingerprint density at radius 2 is 1.81 bits per heavy atom. The summed E-state index contributed by atoms with van der Waals surface area (Å²) >= 11 is 0. The van der Waals surface area contributed by atoms with Gasteiger partial charge < -0.3 is 8.98 Å². The maximum atomic E-state index is 5.53. The second-order valence-electron chi connectivity index (χ2n) is 6.89. The summed E-state index contributed by atoms with van der Waals surface area (Å²) in [5.41, 5.74) is 6.26. The van der Waals surface area contributed by atoms with Gasteiger partial charge in [0.15, 0.2) is 11.5 Å². The Bertz CT molecular complexity index is 1260. The lowest BCUT2D eigenvalue weighted by atomic mass is 10.1. The Balaban J connectivity index is 1.71. The van der Waals surface area contributed by atoms with Gasteiger partial charge in [-0.05, 0) is 38.5 Å². The molecule has 4 aromatic heterocycles. The number of aryl methyl sites for hydroxylation is 2. The molecule has 4 heterocycles. The monoisotopic (exact) mass is 357 g/mol. The lowest BCUT2D eigenvalue weighted by Gasteiger charge is -2.05. The largest absolute Gasteiger partial charge is 0.467 e. The molecule has 0 unspecified atom stereocenters. The highest BCUT2D eigenvalue weighted by molar-refractivity contribution is 5.94. The standard InChI is InChI=1S/C21H19N5O/c1-13-6-8-16(9-7-13)19-23-21-18-14(2)15(3)25(11-17-5-4-10-27-17)20(18)22-12-26(21)24-19/h4-10,12H,11H2,1-3H3. The molecular formula is C21H19N5O. The zero-order valence-electron chi connectivity index (χ0n) is 15.5. The molecular weight excluding hydrogens is 338 g/mol. The summed E-state index contributed by atoms with van der Waals surface area (Å²) in [5, 5.41) is 5.67. The van der Waals surface area contributed by atoms with Crippen molar-refractivity contribution in [3.63, 3.8) is 0 Å². The van der Waals surface area contributed by atoms with Crippen molar-refractivity contribution in [3.8, 4) is 11.4 Å². The van der Waals surface area contributed by atoms with Gasteiger partial charge in [0.1, 0.15) is 17.7 Å². The zero-order valence-corrected chi connectivity index (χ0v) is 15.5. The van der Waals surface area contributed by atoms with Crippen LogP contribution < -0.4 is 0 Å². The van der Waals surface area contributed by atoms with E-state index in [1.807, 2.05) is 12.1 Å². The first-order chi connectivity index (χ1) is 13.1.